The number of thiazole rings is 1. The Bertz CT molecular complexity index is 398. The molecule has 1 rings (SSSR count). The van der Waals surface area contributed by atoms with E-state index in [1.54, 1.807) is 18.4 Å². The number of methoxy groups -OCH3 is 1. The Morgan fingerprint density at radius 1 is 1.30 bits per heavy atom. The maximum absolute atomic E-state index is 5.29. The molecule has 1 aromatic heterocycles. The highest BCUT2D eigenvalue weighted by Crippen LogP contribution is 2.27. The number of aromatic nitrogens is 1. The van der Waals surface area contributed by atoms with E-state index < -0.39 is 0 Å². The fourth-order valence-electron chi connectivity index (χ4n) is 1.90. The van der Waals surface area contributed by atoms with Gasteiger partial charge in [0.25, 0.3) is 0 Å². The van der Waals surface area contributed by atoms with E-state index in [4.69, 9.17) is 9.72 Å². The summed E-state index contributed by atoms with van der Waals surface area (Å²) in [6, 6.07) is 0. The van der Waals surface area contributed by atoms with Crippen LogP contribution in [0.2, 0.25) is 0 Å². The van der Waals surface area contributed by atoms with Crippen molar-refractivity contribution in [1.82, 2.24) is 10.3 Å². The Labute approximate surface area is 127 Å². The summed E-state index contributed by atoms with van der Waals surface area (Å²) in [7, 11) is 1.73. The summed E-state index contributed by atoms with van der Waals surface area (Å²) in [5, 5.41) is 4.65. The molecule has 0 saturated carbocycles. The molecule has 4 nitrogen and oxygen atoms in total. The fraction of sp³-hybridized carbons (Fsp3) is 0.800. The van der Waals surface area contributed by atoms with Crippen LogP contribution >= 0.6 is 11.3 Å². The number of hydrogen-bond donors (Lipinski definition) is 1. The maximum Gasteiger partial charge on any atom is 0.185 e. The predicted octanol–water partition coefficient (Wildman–Crippen LogP) is 3.41. The van der Waals surface area contributed by atoms with E-state index in [0.29, 0.717) is 6.61 Å². The first kappa shape index (κ1) is 17.4. The summed E-state index contributed by atoms with van der Waals surface area (Å²) in [5.74, 6) is 0. The van der Waals surface area contributed by atoms with E-state index in [2.05, 4.69) is 44.8 Å². The van der Waals surface area contributed by atoms with E-state index in [1.807, 2.05) is 0 Å². The monoisotopic (exact) mass is 299 g/mol. The van der Waals surface area contributed by atoms with E-state index in [1.165, 1.54) is 4.88 Å². The molecule has 1 aromatic rings. The Morgan fingerprint density at radius 3 is 2.50 bits per heavy atom. The summed E-state index contributed by atoms with van der Waals surface area (Å²) in [6.07, 6.45) is 1.14. The molecule has 0 aliphatic rings. The smallest absolute Gasteiger partial charge is 0.185 e. The van der Waals surface area contributed by atoms with Crippen LogP contribution in [0.25, 0.3) is 0 Å². The second-order valence-corrected chi connectivity index (χ2v) is 7.04. The van der Waals surface area contributed by atoms with Crippen LogP contribution in [-0.4, -0.2) is 30.7 Å². The minimum Gasteiger partial charge on any atom is -0.378 e. The summed E-state index contributed by atoms with van der Waals surface area (Å²) >= 11 is 1.79. The van der Waals surface area contributed by atoms with Crippen molar-refractivity contribution >= 4 is 16.5 Å². The standard InChI is InChI=1S/C15H29N3OS/c1-7-9-18(8-2)14-17-12(11-19-6)13(20-14)10-16-15(3,4)5/h16H,7-11H2,1-6H3. The topological polar surface area (TPSA) is 37.4 Å². The lowest BCUT2D eigenvalue weighted by atomic mass is 10.1. The quantitative estimate of drug-likeness (QED) is 0.798. The number of rotatable bonds is 8. The van der Waals surface area contributed by atoms with Gasteiger partial charge in [0.1, 0.15) is 0 Å². The molecule has 0 spiro atoms. The number of hydrogen-bond acceptors (Lipinski definition) is 5. The average molecular weight is 299 g/mol. The summed E-state index contributed by atoms with van der Waals surface area (Å²) in [5.41, 5.74) is 1.18. The molecule has 0 amide bonds. The normalized spacial score (nSPS) is 11.9. The first-order valence-corrected chi connectivity index (χ1v) is 8.20. The molecule has 0 unspecified atom stereocenters. The molecule has 0 fully saturated rings. The van der Waals surface area contributed by atoms with Crippen LogP contribution < -0.4 is 10.2 Å². The average Bonchev–Trinajstić information content (AvgIpc) is 2.76. The molecule has 0 aliphatic carbocycles. The van der Waals surface area contributed by atoms with Crippen molar-refractivity contribution in [3.63, 3.8) is 0 Å². The third-order valence-electron chi connectivity index (χ3n) is 2.97. The second-order valence-electron chi connectivity index (χ2n) is 5.98. The molecule has 116 valence electrons. The van der Waals surface area contributed by atoms with Crippen LogP contribution in [0.4, 0.5) is 5.13 Å². The lowest BCUT2D eigenvalue weighted by molar-refractivity contribution is 0.181. The minimum atomic E-state index is 0.113. The third-order valence-corrected chi connectivity index (χ3v) is 4.13. The van der Waals surface area contributed by atoms with E-state index in [0.717, 1.165) is 36.9 Å². The zero-order valence-corrected chi connectivity index (χ0v) is 14.6. The van der Waals surface area contributed by atoms with Gasteiger partial charge in [-0.1, -0.05) is 6.92 Å². The lowest BCUT2D eigenvalue weighted by Crippen LogP contribution is -2.35. The molecule has 0 atom stereocenters. The molecular weight excluding hydrogens is 270 g/mol. The SMILES string of the molecule is CCCN(CC)c1nc(COC)c(CNC(C)(C)C)s1. The van der Waals surface area contributed by atoms with Crippen molar-refractivity contribution in [3.05, 3.63) is 10.6 Å². The van der Waals surface area contributed by atoms with Gasteiger partial charge in [-0.2, -0.15) is 0 Å². The fourth-order valence-corrected chi connectivity index (χ4v) is 2.99. The number of anilines is 1. The predicted molar refractivity (Wildman–Crippen MR) is 87.6 cm³/mol. The zero-order chi connectivity index (χ0) is 15.2. The summed E-state index contributed by atoms with van der Waals surface area (Å²) < 4.78 is 5.29. The molecule has 0 aromatic carbocycles. The van der Waals surface area contributed by atoms with E-state index in [-0.39, 0.29) is 5.54 Å². The van der Waals surface area contributed by atoms with Crippen molar-refractivity contribution in [2.75, 3.05) is 25.1 Å². The van der Waals surface area contributed by atoms with Gasteiger partial charge < -0.3 is 15.0 Å². The van der Waals surface area contributed by atoms with Gasteiger partial charge in [-0.3, -0.25) is 0 Å². The van der Waals surface area contributed by atoms with Crippen molar-refractivity contribution in [3.8, 4) is 0 Å². The van der Waals surface area contributed by atoms with E-state index in [9.17, 15) is 0 Å². The van der Waals surface area contributed by atoms with Crippen LogP contribution in [0, 0.1) is 0 Å². The van der Waals surface area contributed by atoms with Crippen LogP contribution in [0.3, 0.4) is 0 Å². The Balaban J connectivity index is 2.88. The molecule has 0 bridgehead atoms. The molecule has 0 radical (unpaired) electrons. The largest absolute Gasteiger partial charge is 0.378 e. The highest BCUT2D eigenvalue weighted by molar-refractivity contribution is 7.15. The molecule has 1 heterocycles. The van der Waals surface area contributed by atoms with Gasteiger partial charge in [0.15, 0.2) is 5.13 Å². The van der Waals surface area contributed by atoms with Gasteiger partial charge in [-0.25, -0.2) is 4.98 Å². The van der Waals surface area contributed by atoms with Crippen LogP contribution in [0.5, 0.6) is 0 Å². The molecule has 5 heteroatoms. The van der Waals surface area contributed by atoms with Crippen molar-refractivity contribution in [1.29, 1.82) is 0 Å². The van der Waals surface area contributed by atoms with Gasteiger partial charge in [0, 0.05) is 37.2 Å². The lowest BCUT2D eigenvalue weighted by Gasteiger charge is -2.20. The van der Waals surface area contributed by atoms with Crippen LogP contribution in [-0.2, 0) is 17.9 Å². The third kappa shape index (κ3) is 5.38. The summed E-state index contributed by atoms with van der Waals surface area (Å²) in [6.45, 7) is 14.4. The number of nitrogens with zero attached hydrogens (tertiary/aromatic N) is 2. The van der Waals surface area contributed by atoms with Gasteiger partial charge >= 0.3 is 0 Å². The molecule has 20 heavy (non-hydrogen) atoms. The first-order chi connectivity index (χ1) is 9.41. The van der Waals surface area contributed by atoms with Gasteiger partial charge in [0.05, 0.1) is 12.3 Å². The molecule has 1 N–H and O–H groups in total. The highest BCUT2D eigenvalue weighted by atomic mass is 32.1. The minimum absolute atomic E-state index is 0.113. The zero-order valence-electron chi connectivity index (χ0n) is 13.7. The molecular formula is C15H29N3OS. The molecule has 0 aliphatic heterocycles. The van der Waals surface area contributed by atoms with Crippen molar-refractivity contribution in [2.24, 2.45) is 0 Å². The van der Waals surface area contributed by atoms with Gasteiger partial charge in [0.2, 0.25) is 0 Å². The van der Waals surface area contributed by atoms with Crippen molar-refractivity contribution < 1.29 is 4.74 Å². The Morgan fingerprint density at radius 2 is 2.00 bits per heavy atom. The molecule has 0 saturated heterocycles. The second kappa shape index (κ2) is 7.96. The van der Waals surface area contributed by atoms with Crippen LogP contribution in [0.15, 0.2) is 0 Å². The number of nitrogens with one attached hydrogen (secondary N) is 1. The van der Waals surface area contributed by atoms with Gasteiger partial charge in [-0.15, -0.1) is 11.3 Å². The number of ether oxygens (including phenoxy) is 1. The maximum atomic E-state index is 5.29. The van der Waals surface area contributed by atoms with Gasteiger partial charge in [-0.05, 0) is 34.1 Å². The van der Waals surface area contributed by atoms with Crippen molar-refractivity contribution in [2.45, 2.75) is 59.7 Å². The van der Waals surface area contributed by atoms with Crippen LogP contribution in [0.1, 0.15) is 51.6 Å². The first-order valence-electron chi connectivity index (χ1n) is 7.38. The summed E-state index contributed by atoms with van der Waals surface area (Å²) in [4.78, 5) is 8.39. The Kier molecular flexibility index (Phi) is 6.92. The Hall–Kier alpha value is -0.650. The van der Waals surface area contributed by atoms with E-state index >= 15 is 0 Å². The highest BCUT2D eigenvalue weighted by Gasteiger charge is 2.17.